The molecule has 0 unspecified atom stereocenters. The van der Waals surface area contributed by atoms with Gasteiger partial charge in [-0.05, 0) is 24.6 Å². The van der Waals surface area contributed by atoms with Gasteiger partial charge in [-0.1, -0.05) is 5.16 Å². The maximum atomic E-state index is 10.5. The molecule has 0 aliphatic heterocycles. The molecule has 0 aliphatic rings. The highest BCUT2D eigenvalue weighted by atomic mass is 16.4. The number of nitrogens with zero attached hydrogens (tertiary/aromatic N) is 1. The highest BCUT2D eigenvalue weighted by Gasteiger charge is 2.05. The van der Waals surface area contributed by atoms with Gasteiger partial charge in [0.25, 0.3) is 0 Å². The fourth-order valence-corrected chi connectivity index (χ4v) is 1.09. The summed E-state index contributed by atoms with van der Waals surface area (Å²) in [7, 11) is 0. The van der Waals surface area contributed by atoms with Crippen LogP contribution < -0.4 is 0 Å². The van der Waals surface area contributed by atoms with Gasteiger partial charge in [0.2, 0.25) is 0 Å². The third-order valence-corrected chi connectivity index (χ3v) is 1.64. The summed E-state index contributed by atoms with van der Waals surface area (Å²) in [5.74, 6) is -0.168. The topological polar surface area (TPSA) is 69.9 Å². The number of aryl methyl sites for hydroxylation is 1. The molecule has 4 nitrogen and oxygen atoms in total. The zero-order valence-corrected chi connectivity index (χ0v) is 7.06. The molecule has 1 rings (SSSR count). The van der Waals surface area contributed by atoms with E-state index in [1.54, 1.807) is 19.1 Å². The van der Waals surface area contributed by atoms with Crippen molar-refractivity contribution in [3.05, 3.63) is 28.8 Å². The zero-order chi connectivity index (χ0) is 9.84. The fourth-order valence-electron chi connectivity index (χ4n) is 1.09. The van der Waals surface area contributed by atoms with Crippen molar-refractivity contribution in [3.8, 4) is 5.75 Å². The SMILES string of the molecule is Cc1cc(C=O)c(O)c(C=NO)c1. The maximum Gasteiger partial charge on any atom is 0.153 e. The number of phenolic OH excluding ortho intramolecular Hbond substituents is 1. The number of phenols is 1. The summed E-state index contributed by atoms with van der Waals surface area (Å²) in [6.45, 7) is 1.78. The van der Waals surface area contributed by atoms with Crippen LogP contribution in [0.3, 0.4) is 0 Å². The minimum absolute atomic E-state index is 0.168. The van der Waals surface area contributed by atoms with Crippen molar-refractivity contribution in [2.45, 2.75) is 6.92 Å². The number of hydrogen-bond acceptors (Lipinski definition) is 4. The van der Waals surface area contributed by atoms with Crippen molar-refractivity contribution in [1.82, 2.24) is 0 Å². The highest BCUT2D eigenvalue weighted by Crippen LogP contribution is 2.21. The van der Waals surface area contributed by atoms with Crippen LogP contribution in [0.5, 0.6) is 5.75 Å². The lowest BCUT2D eigenvalue weighted by Crippen LogP contribution is -1.90. The van der Waals surface area contributed by atoms with Crippen molar-refractivity contribution < 1.29 is 15.1 Å². The minimum Gasteiger partial charge on any atom is -0.507 e. The van der Waals surface area contributed by atoms with Gasteiger partial charge >= 0.3 is 0 Å². The molecular formula is C9H9NO3. The van der Waals surface area contributed by atoms with Gasteiger partial charge in [-0.2, -0.15) is 0 Å². The molecule has 0 radical (unpaired) electrons. The van der Waals surface area contributed by atoms with Crippen LogP contribution in [0.1, 0.15) is 21.5 Å². The molecule has 1 aromatic carbocycles. The molecule has 0 aliphatic carbocycles. The van der Waals surface area contributed by atoms with E-state index in [2.05, 4.69) is 5.16 Å². The second kappa shape index (κ2) is 3.71. The lowest BCUT2D eigenvalue weighted by atomic mass is 10.1. The van der Waals surface area contributed by atoms with Crippen molar-refractivity contribution in [2.24, 2.45) is 5.16 Å². The summed E-state index contributed by atoms with van der Waals surface area (Å²) in [4.78, 5) is 10.5. The standard InChI is InChI=1S/C9H9NO3/c1-6-2-7(4-10-13)9(12)8(3-6)5-11/h2-5,12-13H,1H3. The molecule has 0 saturated carbocycles. The number of carbonyl (C=O) groups excluding carboxylic acids is 1. The van der Waals surface area contributed by atoms with Crippen LogP contribution >= 0.6 is 0 Å². The summed E-state index contributed by atoms with van der Waals surface area (Å²) in [6.07, 6.45) is 1.63. The molecule has 0 fully saturated rings. The number of benzene rings is 1. The lowest BCUT2D eigenvalue weighted by molar-refractivity contribution is 0.112. The Hall–Kier alpha value is -1.84. The van der Waals surface area contributed by atoms with E-state index in [0.29, 0.717) is 11.8 Å². The van der Waals surface area contributed by atoms with Crippen LogP contribution in [0.25, 0.3) is 0 Å². The quantitative estimate of drug-likeness (QED) is 0.311. The van der Waals surface area contributed by atoms with Crippen LogP contribution in [-0.4, -0.2) is 22.8 Å². The van der Waals surface area contributed by atoms with E-state index in [1.807, 2.05) is 0 Å². The molecule has 0 bridgehead atoms. The predicted molar refractivity (Wildman–Crippen MR) is 47.6 cm³/mol. The van der Waals surface area contributed by atoms with Crippen molar-refractivity contribution in [2.75, 3.05) is 0 Å². The van der Waals surface area contributed by atoms with Gasteiger partial charge in [-0.15, -0.1) is 0 Å². The number of oxime groups is 1. The summed E-state index contributed by atoms with van der Waals surface area (Å²) < 4.78 is 0. The van der Waals surface area contributed by atoms with E-state index >= 15 is 0 Å². The largest absolute Gasteiger partial charge is 0.507 e. The van der Waals surface area contributed by atoms with Gasteiger partial charge in [-0.3, -0.25) is 4.79 Å². The normalized spacial score (nSPS) is 10.5. The molecular weight excluding hydrogens is 170 g/mol. The summed E-state index contributed by atoms with van der Waals surface area (Å²) in [5, 5.41) is 20.5. The molecule has 13 heavy (non-hydrogen) atoms. The first-order chi connectivity index (χ1) is 6.19. The number of aldehydes is 1. The Labute approximate surface area is 75.1 Å². The van der Waals surface area contributed by atoms with Crippen LogP contribution in [0, 0.1) is 6.92 Å². The Kier molecular flexibility index (Phi) is 2.64. The van der Waals surface area contributed by atoms with Gasteiger partial charge in [0, 0.05) is 5.56 Å². The summed E-state index contributed by atoms with van der Waals surface area (Å²) in [6, 6.07) is 3.17. The van der Waals surface area contributed by atoms with Gasteiger partial charge in [0.1, 0.15) is 5.75 Å². The summed E-state index contributed by atoms with van der Waals surface area (Å²) >= 11 is 0. The molecule has 0 heterocycles. The van der Waals surface area contributed by atoms with Crippen LogP contribution in [0.15, 0.2) is 17.3 Å². The third-order valence-electron chi connectivity index (χ3n) is 1.64. The van der Waals surface area contributed by atoms with Crippen LogP contribution in [-0.2, 0) is 0 Å². The van der Waals surface area contributed by atoms with E-state index in [9.17, 15) is 9.90 Å². The molecule has 1 aromatic rings. The second-order valence-electron chi connectivity index (χ2n) is 2.65. The lowest BCUT2D eigenvalue weighted by Gasteiger charge is -2.02. The van der Waals surface area contributed by atoms with Gasteiger partial charge in [0.15, 0.2) is 6.29 Å². The van der Waals surface area contributed by atoms with Crippen molar-refractivity contribution in [1.29, 1.82) is 0 Å². The van der Waals surface area contributed by atoms with E-state index in [0.717, 1.165) is 11.8 Å². The first-order valence-corrected chi connectivity index (χ1v) is 3.65. The number of aromatic hydroxyl groups is 1. The van der Waals surface area contributed by atoms with Crippen molar-refractivity contribution >= 4 is 12.5 Å². The predicted octanol–water partition coefficient (Wildman–Crippen LogP) is 1.32. The minimum atomic E-state index is -0.168. The number of hydrogen-bond donors (Lipinski definition) is 2. The zero-order valence-electron chi connectivity index (χ0n) is 7.06. The molecule has 4 heteroatoms. The molecule has 68 valence electrons. The Morgan fingerprint density at radius 1 is 1.38 bits per heavy atom. The average Bonchev–Trinajstić information content (AvgIpc) is 2.11. The van der Waals surface area contributed by atoms with Crippen molar-refractivity contribution in [3.63, 3.8) is 0 Å². The molecule has 0 atom stereocenters. The first kappa shape index (κ1) is 9.25. The van der Waals surface area contributed by atoms with Gasteiger partial charge in [-0.25, -0.2) is 0 Å². The Morgan fingerprint density at radius 2 is 2.00 bits per heavy atom. The Bertz CT molecular complexity index is 358. The van der Waals surface area contributed by atoms with E-state index in [1.165, 1.54) is 0 Å². The average molecular weight is 179 g/mol. The number of rotatable bonds is 2. The number of carbonyl (C=O) groups is 1. The molecule has 0 saturated heterocycles. The Balaban J connectivity index is 3.34. The molecule has 0 aromatic heterocycles. The van der Waals surface area contributed by atoms with E-state index in [-0.39, 0.29) is 11.3 Å². The van der Waals surface area contributed by atoms with Gasteiger partial charge in [0.05, 0.1) is 11.8 Å². The fraction of sp³-hybridized carbons (Fsp3) is 0.111. The van der Waals surface area contributed by atoms with E-state index in [4.69, 9.17) is 5.21 Å². The van der Waals surface area contributed by atoms with Crippen LogP contribution in [0.2, 0.25) is 0 Å². The Morgan fingerprint density at radius 3 is 2.54 bits per heavy atom. The second-order valence-corrected chi connectivity index (χ2v) is 2.65. The van der Waals surface area contributed by atoms with E-state index < -0.39 is 0 Å². The molecule has 2 N–H and O–H groups in total. The van der Waals surface area contributed by atoms with Crippen LogP contribution in [0.4, 0.5) is 0 Å². The summed E-state index contributed by atoms with van der Waals surface area (Å²) in [5.41, 5.74) is 1.33. The monoisotopic (exact) mass is 179 g/mol. The van der Waals surface area contributed by atoms with Gasteiger partial charge < -0.3 is 10.3 Å². The smallest absolute Gasteiger partial charge is 0.153 e. The first-order valence-electron chi connectivity index (χ1n) is 3.65. The third kappa shape index (κ3) is 1.84. The molecule has 0 spiro atoms. The molecule has 0 amide bonds. The maximum absolute atomic E-state index is 10.5. The highest BCUT2D eigenvalue weighted by molar-refractivity contribution is 5.90.